The molecule has 0 radical (unpaired) electrons. The Morgan fingerprint density at radius 3 is 2.78 bits per heavy atom. The molecule has 1 saturated heterocycles. The van der Waals surface area contributed by atoms with Crippen molar-refractivity contribution in [3.63, 3.8) is 0 Å². The van der Waals surface area contributed by atoms with Gasteiger partial charge < -0.3 is 14.4 Å². The molecule has 1 saturated carbocycles. The lowest BCUT2D eigenvalue weighted by Crippen LogP contribution is -2.53. The second kappa shape index (κ2) is 7.49. The van der Waals surface area contributed by atoms with E-state index in [1.54, 1.807) is 25.4 Å². The van der Waals surface area contributed by atoms with Crippen molar-refractivity contribution in [3.05, 3.63) is 59.2 Å². The van der Waals surface area contributed by atoms with Crippen LogP contribution in [0.15, 0.2) is 48.7 Å². The molecule has 0 spiro atoms. The van der Waals surface area contributed by atoms with Crippen LogP contribution < -0.4 is 4.74 Å². The number of carbonyl (C=O) groups excluding carboxylic acids is 1. The Labute approximate surface area is 164 Å². The van der Waals surface area contributed by atoms with Crippen LogP contribution in [0.5, 0.6) is 5.88 Å². The van der Waals surface area contributed by atoms with Crippen molar-refractivity contribution in [1.29, 1.82) is 0 Å². The summed E-state index contributed by atoms with van der Waals surface area (Å²) in [6.07, 6.45) is 5.03. The predicted octanol–water partition coefficient (Wildman–Crippen LogP) is 3.97. The number of likely N-dealkylation sites (tertiary alicyclic amines) is 1. The minimum Gasteiger partial charge on any atom is -0.474 e. The number of aromatic nitrogens is 1. The summed E-state index contributed by atoms with van der Waals surface area (Å²) in [6.45, 7) is 0.666. The molecule has 142 valence electrons. The van der Waals surface area contributed by atoms with Crippen LogP contribution in [0.4, 0.5) is 0 Å². The molecule has 27 heavy (non-hydrogen) atoms. The lowest BCUT2D eigenvalue weighted by molar-refractivity contribution is -0.0788. The molecule has 1 aliphatic carbocycles. The van der Waals surface area contributed by atoms with Gasteiger partial charge in [-0.1, -0.05) is 29.8 Å². The lowest BCUT2D eigenvalue weighted by atomic mass is 9.79. The summed E-state index contributed by atoms with van der Waals surface area (Å²) < 4.78 is 12.0. The molecular weight excluding hydrogens is 364 g/mol. The highest BCUT2D eigenvalue weighted by Gasteiger charge is 2.53. The molecule has 0 N–H and O–H groups in total. The first kappa shape index (κ1) is 18.3. The molecule has 2 aliphatic rings. The molecule has 2 heterocycles. The summed E-state index contributed by atoms with van der Waals surface area (Å²) in [5.41, 5.74) is 0.236. The summed E-state index contributed by atoms with van der Waals surface area (Å²) in [4.78, 5) is 19.4. The van der Waals surface area contributed by atoms with Crippen LogP contribution in [0.2, 0.25) is 5.02 Å². The van der Waals surface area contributed by atoms with Crippen molar-refractivity contribution in [2.24, 2.45) is 0 Å². The van der Waals surface area contributed by atoms with Crippen molar-refractivity contribution in [3.8, 4) is 5.88 Å². The number of nitrogens with zero attached hydrogens (tertiary/aromatic N) is 2. The molecule has 1 amide bonds. The number of pyridine rings is 1. The molecule has 1 aromatic carbocycles. The average molecular weight is 387 g/mol. The van der Waals surface area contributed by atoms with Gasteiger partial charge in [-0.05, 0) is 37.5 Å². The number of carbonyl (C=O) groups is 1. The van der Waals surface area contributed by atoms with Crippen LogP contribution in [0.3, 0.4) is 0 Å². The highest BCUT2D eigenvalue weighted by molar-refractivity contribution is 6.33. The van der Waals surface area contributed by atoms with E-state index in [0.717, 1.165) is 25.7 Å². The summed E-state index contributed by atoms with van der Waals surface area (Å²) in [7, 11) is 1.75. The number of hydrogen-bond donors (Lipinski definition) is 0. The Morgan fingerprint density at radius 2 is 2.04 bits per heavy atom. The zero-order chi connectivity index (χ0) is 18.9. The zero-order valence-corrected chi connectivity index (χ0v) is 16.1. The molecule has 1 aliphatic heterocycles. The van der Waals surface area contributed by atoms with E-state index in [1.807, 2.05) is 35.2 Å². The molecule has 0 unspecified atom stereocenters. The van der Waals surface area contributed by atoms with E-state index in [0.29, 0.717) is 23.0 Å². The van der Waals surface area contributed by atoms with Crippen LogP contribution in [-0.4, -0.2) is 47.2 Å². The number of methoxy groups -OCH3 is 1. The van der Waals surface area contributed by atoms with Gasteiger partial charge in [-0.15, -0.1) is 0 Å². The zero-order valence-electron chi connectivity index (χ0n) is 15.3. The Morgan fingerprint density at radius 1 is 1.22 bits per heavy atom. The minimum absolute atomic E-state index is 0.00724. The predicted molar refractivity (Wildman–Crippen MR) is 103 cm³/mol. The molecule has 0 bridgehead atoms. The molecule has 1 aromatic heterocycles. The highest BCUT2D eigenvalue weighted by Crippen LogP contribution is 2.44. The molecule has 2 fully saturated rings. The first-order valence-electron chi connectivity index (χ1n) is 9.31. The number of benzene rings is 1. The largest absolute Gasteiger partial charge is 0.474 e. The Kier molecular flexibility index (Phi) is 5.06. The maximum absolute atomic E-state index is 13.2. The second-order valence-corrected chi connectivity index (χ2v) is 7.60. The number of fused-ring (bicyclic) bond motifs is 1. The third-order valence-electron chi connectivity index (χ3n) is 5.83. The number of halogens is 1. The number of hydrogen-bond acceptors (Lipinski definition) is 4. The fourth-order valence-corrected chi connectivity index (χ4v) is 4.61. The van der Waals surface area contributed by atoms with E-state index in [-0.39, 0.29) is 23.7 Å². The first-order chi connectivity index (χ1) is 13.1. The van der Waals surface area contributed by atoms with Crippen LogP contribution in [0, 0.1) is 0 Å². The van der Waals surface area contributed by atoms with Crippen LogP contribution in [-0.2, 0) is 4.74 Å². The lowest BCUT2D eigenvalue weighted by Gasteiger charge is -2.43. The molecule has 3 atom stereocenters. The van der Waals surface area contributed by atoms with Gasteiger partial charge >= 0.3 is 0 Å². The Hall–Kier alpha value is -2.11. The summed E-state index contributed by atoms with van der Waals surface area (Å²) in [5.74, 6) is 0.581. The van der Waals surface area contributed by atoms with Gasteiger partial charge in [0.25, 0.3) is 5.91 Å². The second-order valence-electron chi connectivity index (χ2n) is 7.20. The van der Waals surface area contributed by atoms with E-state index in [2.05, 4.69) is 4.98 Å². The van der Waals surface area contributed by atoms with Crippen LogP contribution in [0.1, 0.15) is 36.0 Å². The highest BCUT2D eigenvalue weighted by atomic mass is 35.5. The van der Waals surface area contributed by atoms with Gasteiger partial charge in [-0.2, -0.15) is 0 Å². The molecule has 2 aromatic rings. The van der Waals surface area contributed by atoms with E-state index in [4.69, 9.17) is 21.1 Å². The van der Waals surface area contributed by atoms with Gasteiger partial charge in [0.2, 0.25) is 5.88 Å². The van der Waals surface area contributed by atoms with Crippen molar-refractivity contribution in [2.45, 2.75) is 43.4 Å². The van der Waals surface area contributed by atoms with Crippen LogP contribution in [0.25, 0.3) is 0 Å². The van der Waals surface area contributed by atoms with Crippen molar-refractivity contribution >= 4 is 17.5 Å². The van der Waals surface area contributed by atoms with Gasteiger partial charge in [0, 0.05) is 32.3 Å². The van der Waals surface area contributed by atoms with E-state index < -0.39 is 0 Å². The Bertz CT molecular complexity index is 816. The smallest absolute Gasteiger partial charge is 0.255 e. The normalized spacial score (nSPS) is 27.3. The minimum atomic E-state index is -0.305. The number of rotatable bonds is 4. The van der Waals surface area contributed by atoms with E-state index in [1.165, 1.54) is 0 Å². The quantitative estimate of drug-likeness (QED) is 0.797. The SMILES string of the molecule is CO[C@@]12CC[C@H](Oc3ccccn3)C[C@@H]1N(C(=O)c1ccccc1Cl)CC2. The standard InChI is InChI=1S/C21H23ClN2O3/c1-26-21-10-9-15(27-19-8-4-5-12-23-19)14-18(21)24(13-11-21)20(25)16-6-2-3-7-17(16)22/h2-8,12,15,18H,9-11,13-14H2,1H3/t15-,18-,21+/m0/s1. The fourth-order valence-electron chi connectivity index (χ4n) is 4.39. The topological polar surface area (TPSA) is 51.7 Å². The number of amides is 1. The van der Waals surface area contributed by atoms with Crippen molar-refractivity contribution < 1.29 is 14.3 Å². The van der Waals surface area contributed by atoms with E-state index in [9.17, 15) is 4.79 Å². The van der Waals surface area contributed by atoms with E-state index >= 15 is 0 Å². The summed E-state index contributed by atoms with van der Waals surface area (Å²) in [5, 5.41) is 0.481. The fraction of sp³-hybridized carbons (Fsp3) is 0.429. The van der Waals surface area contributed by atoms with Crippen LogP contribution >= 0.6 is 11.6 Å². The van der Waals surface area contributed by atoms with Gasteiger partial charge in [0.1, 0.15) is 6.10 Å². The maximum atomic E-state index is 13.2. The first-order valence-corrected chi connectivity index (χ1v) is 9.69. The van der Waals surface area contributed by atoms with Gasteiger partial charge in [0.05, 0.1) is 22.2 Å². The number of ether oxygens (including phenoxy) is 2. The summed E-state index contributed by atoms with van der Waals surface area (Å²) >= 11 is 6.27. The monoisotopic (exact) mass is 386 g/mol. The van der Waals surface area contributed by atoms with Crippen molar-refractivity contribution in [1.82, 2.24) is 9.88 Å². The molecule has 6 heteroatoms. The molecule has 5 nitrogen and oxygen atoms in total. The summed E-state index contributed by atoms with van der Waals surface area (Å²) in [6, 6.07) is 12.8. The Balaban J connectivity index is 1.56. The molecule has 4 rings (SSSR count). The van der Waals surface area contributed by atoms with Crippen molar-refractivity contribution in [2.75, 3.05) is 13.7 Å². The molecular formula is C21H23ClN2O3. The third-order valence-corrected chi connectivity index (χ3v) is 6.16. The average Bonchev–Trinajstić information content (AvgIpc) is 3.08. The van der Waals surface area contributed by atoms with Gasteiger partial charge in [-0.3, -0.25) is 4.79 Å². The van der Waals surface area contributed by atoms with Gasteiger partial charge in [0.15, 0.2) is 0 Å². The maximum Gasteiger partial charge on any atom is 0.255 e. The van der Waals surface area contributed by atoms with Gasteiger partial charge in [-0.25, -0.2) is 4.98 Å². The third kappa shape index (κ3) is 3.42.